The number of hydrogen-bond donors (Lipinski definition) is 25. The number of amides is 12. The van der Waals surface area contributed by atoms with Crippen LogP contribution in [0.4, 0.5) is 0 Å². The van der Waals surface area contributed by atoms with E-state index < -0.39 is 180 Å². The molecule has 42 heteroatoms. The van der Waals surface area contributed by atoms with E-state index in [-0.39, 0.29) is 101 Å². The zero-order valence-corrected chi connectivity index (χ0v) is 69.6. The Balaban J connectivity index is 1.57. The third-order valence-electron chi connectivity index (χ3n) is 18.3. The molecular weight excluding hydrogens is 1580 g/mol. The van der Waals surface area contributed by atoms with Crippen LogP contribution < -0.4 is 98.2 Å². The van der Waals surface area contributed by atoms with E-state index >= 15 is 0 Å². The van der Waals surface area contributed by atoms with E-state index in [2.05, 4.69) is 109 Å². The molecule has 2 aromatic carbocycles. The molecule has 4 aromatic rings. The molecule has 13 atom stereocenters. The van der Waals surface area contributed by atoms with Crippen molar-refractivity contribution in [2.75, 3.05) is 68.4 Å². The second kappa shape index (κ2) is 52.2. The number of para-hydroxylation sites is 2. The minimum absolute atomic E-state index is 0.0115. The van der Waals surface area contributed by atoms with E-state index in [4.69, 9.17) is 34.4 Å². The molecular formula is C74H118N22O16S4. The number of aromatic amines is 2. The molecule has 0 saturated heterocycles. The van der Waals surface area contributed by atoms with Crippen LogP contribution >= 0.6 is 48.8 Å². The Bertz CT molecular complexity index is 3960. The van der Waals surface area contributed by atoms with Crippen LogP contribution in [0.15, 0.2) is 70.9 Å². The lowest BCUT2D eigenvalue weighted by molar-refractivity contribution is -0.143. The van der Waals surface area contributed by atoms with Crippen molar-refractivity contribution in [1.29, 1.82) is 0 Å². The first-order valence-corrected chi connectivity index (χ1v) is 42.2. The predicted molar refractivity (Wildman–Crippen MR) is 452 cm³/mol. The van der Waals surface area contributed by atoms with Crippen LogP contribution in [0, 0.1) is 11.8 Å². The molecule has 0 bridgehead atoms. The van der Waals surface area contributed by atoms with Gasteiger partial charge in [-0.15, -0.1) is 0 Å². The number of thioether (sulfide) groups is 2. The van der Waals surface area contributed by atoms with Crippen molar-refractivity contribution in [2.24, 2.45) is 56.2 Å². The van der Waals surface area contributed by atoms with Crippen LogP contribution in [0.1, 0.15) is 109 Å². The van der Waals surface area contributed by atoms with Crippen LogP contribution in [0.3, 0.4) is 0 Å². The van der Waals surface area contributed by atoms with Gasteiger partial charge in [0.25, 0.3) is 0 Å². The average molecular weight is 1700 g/mol. The molecule has 0 saturated carbocycles. The zero-order valence-electron chi connectivity index (χ0n) is 66.2. The number of fused-ring (bicyclic) bond motifs is 2. The third kappa shape index (κ3) is 33.9. The molecule has 29 N–H and O–H groups in total. The van der Waals surface area contributed by atoms with E-state index in [1.165, 1.54) is 23.5 Å². The third-order valence-corrected chi connectivity index (χ3v) is 20.4. The molecule has 12 amide bonds. The summed E-state index contributed by atoms with van der Waals surface area (Å²) >= 11 is 11.2. The number of aliphatic hydroxyl groups excluding tert-OH is 2. The molecule has 0 aliphatic carbocycles. The second-order valence-electron chi connectivity index (χ2n) is 28.5. The van der Waals surface area contributed by atoms with E-state index in [9.17, 15) is 77.6 Å². The summed E-state index contributed by atoms with van der Waals surface area (Å²) in [6, 6.07) is -4.74. The van der Waals surface area contributed by atoms with E-state index in [1.807, 2.05) is 13.8 Å². The Labute approximate surface area is 693 Å². The Morgan fingerprint density at radius 1 is 0.414 bits per heavy atom. The fraction of sp³-hybridized carbons (Fsp3) is 0.581. The number of aliphatic carboxylic acids is 1. The van der Waals surface area contributed by atoms with Gasteiger partial charge in [-0.2, -0.15) is 48.8 Å². The molecule has 0 aliphatic rings. The van der Waals surface area contributed by atoms with Crippen molar-refractivity contribution in [3.8, 4) is 0 Å². The Hall–Kier alpha value is -9.59. The van der Waals surface area contributed by atoms with Gasteiger partial charge < -0.3 is 123 Å². The van der Waals surface area contributed by atoms with Gasteiger partial charge in [-0.25, -0.2) is 4.79 Å². The monoisotopic (exact) mass is 1700 g/mol. The first-order chi connectivity index (χ1) is 55.2. The molecule has 0 unspecified atom stereocenters. The van der Waals surface area contributed by atoms with Gasteiger partial charge >= 0.3 is 5.97 Å². The van der Waals surface area contributed by atoms with Crippen molar-refractivity contribution in [3.63, 3.8) is 0 Å². The van der Waals surface area contributed by atoms with Crippen LogP contribution in [0.2, 0.25) is 0 Å². The second-order valence-corrected chi connectivity index (χ2v) is 31.2. The highest BCUT2D eigenvalue weighted by Crippen LogP contribution is 2.22. The number of nitrogens with one attached hydrogen (secondary N) is 14. The summed E-state index contributed by atoms with van der Waals surface area (Å²) in [4.78, 5) is 197. The molecule has 2 heterocycles. The smallest absolute Gasteiger partial charge is 0.326 e. The van der Waals surface area contributed by atoms with Crippen LogP contribution in [0.25, 0.3) is 21.8 Å². The number of aromatic nitrogens is 2. The highest BCUT2D eigenvalue weighted by Gasteiger charge is 2.38. The van der Waals surface area contributed by atoms with Gasteiger partial charge in [0.15, 0.2) is 11.9 Å². The maximum Gasteiger partial charge on any atom is 0.326 e. The van der Waals surface area contributed by atoms with Crippen molar-refractivity contribution in [1.82, 2.24) is 73.8 Å². The molecule has 38 nitrogen and oxygen atoms in total. The molecule has 116 heavy (non-hydrogen) atoms. The summed E-state index contributed by atoms with van der Waals surface area (Å²) in [6.07, 6.45) is 8.16. The van der Waals surface area contributed by atoms with Gasteiger partial charge in [0.1, 0.15) is 72.5 Å². The Morgan fingerprint density at radius 3 is 1.08 bits per heavy atom. The van der Waals surface area contributed by atoms with Crippen LogP contribution in [-0.2, 0) is 75.2 Å². The molecule has 2 aromatic heterocycles. The number of aliphatic imine (C=N–C) groups is 2. The SMILES string of the molecule is CSCC[C@H](NC(=O)[C@H](Cc1c[nH]c2ccccc12)NC(=O)[C@H](CO)NC(=O)[C@H](CS)NC(=O)[C@H](CS)NC(=O)[C@H](CO)NC(=O)[C@H](Cc1c[nH]c2ccccc12)NC(=O)[C@H](CCSC)NC(=O)[C@H](CCCN=C(N)N)NC(=O)[C@H](CC(C)C)NC(=O)[C@@H](N)CCCCN)C(=O)N[C@@H](CCCN=C(N)N)C(=O)N[C@@H](CC(C)C)C(=O)O. The number of unbranched alkanes of at least 4 members (excludes halogenated alkanes) is 1. The van der Waals surface area contributed by atoms with Gasteiger partial charge in [0.05, 0.1) is 19.3 Å². The number of H-pyrrole nitrogens is 2. The summed E-state index contributed by atoms with van der Waals surface area (Å²) in [6.45, 7) is 5.55. The van der Waals surface area contributed by atoms with Crippen molar-refractivity contribution < 1.29 is 77.6 Å². The van der Waals surface area contributed by atoms with Crippen LogP contribution in [0.5, 0.6) is 0 Å². The van der Waals surface area contributed by atoms with Crippen molar-refractivity contribution >= 4 is 159 Å². The highest BCUT2D eigenvalue weighted by molar-refractivity contribution is 7.98. The largest absolute Gasteiger partial charge is 0.480 e. The van der Waals surface area contributed by atoms with Crippen LogP contribution in [-0.4, -0.2) is 261 Å². The number of hydrogen-bond acceptors (Lipinski definition) is 23. The molecule has 0 aliphatic heterocycles. The summed E-state index contributed by atoms with van der Waals surface area (Å²) in [5.74, 6) is -13.3. The number of nitrogens with zero attached hydrogens (tertiary/aromatic N) is 2. The standard InChI is InChI=1S/C74H118N22O16S4/c1-39(2)29-52(89-60(99)45(76)17-11-12-24-75)65(104)86-48(20-13-25-81-73(77)78)61(100)87-51(23-28-116-6)64(103)90-54(32-42-34-84-47-19-10-8-16-44(42)47)67(106)93-57(36-98)69(108)95-59(38-114)71(110)96-58(37-113)70(109)94-56(35-97)68(107)91-53(31-41-33-83-46-18-9-7-15-43(41)46)66(105)88-50(22-27-115-5)63(102)85-49(21-14-26-82-74(79)80)62(101)92-55(72(111)112)30-40(3)4/h7-10,15-16,18-19,33-34,39-40,45,48-59,83-84,97-98,113-114H,11-14,17,20-32,35-38,75-76H2,1-6H3,(H,85,102)(H,86,104)(H,87,100)(H,88,105)(H,89,99)(H,90,103)(H,91,107)(H,92,101)(H,93,106)(H,94,109)(H,95,108)(H,96,110)(H,111,112)(H4,77,78,81)(H4,79,80,82)/t45-,48-,49-,50-,51-,52-,53-,54-,55-,56-,57-,58-,59-/m0/s1. The van der Waals surface area contributed by atoms with Gasteiger partial charge in [0.2, 0.25) is 70.9 Å². The van der Waals surface area contributed by atoms with Gasteiger partial charge in [-0.3, -0.25) is 67.5 Å². The number of benzene rings is 2. The minimum atomic E-state index is -1.83. The fourth-order valence-electron chi connectivity index (χ4n) is 12.1. The quantitative estimate of drug-likeness (QED) is 0.00877. The van der Waals surface area contributed by atoms with Crippen molar-refractivity contribution in [3.05, 3.63) is 72.1 Å². The first kappa shape index (κ1) is 98.8. The normalized spacial score (nSPS) is 14.7. The molecule has 0 fully saturated rings. The number of guanidine groups is 2. The van der Waals surface area contributed by atoms with E-state index in [0.29, 0.717) is 70.2 Å². The van der Waals surface area contributed by atoms with Gasteiger partial charge in [-0.05, 0) is 130 Å². The molecule has 644 valence electrons. The first-order valence-electron chi connectivity index (χ1n) is 38.2. The number of rotatable bonds is 55. The minimum Gasteiger partial charge on any atom is -0.480 e. The summed E-state index contributed by atoms with van der Waals surface area (Å²) in [5, 5.41) is 63.6. The number of carbonyl (C=O) groups excluding carboxylic acids is 12. The maximum absolute atomic E-state index is 14.7. The molecule has 0 spiro atoms. The Morgan fingerprint density at radius 2 is 0.724 bits per heavy atom. The summed E-state index contributed by atoms with van der Waals surface area (Å²) in [5.41, 5.74) is 36.3. The lowest BCUT2D eigenvalue weighted by Gasteiger charge is -2.28. The molecule has 0 radical (unpaired) electrons. The predicted octanol–water partition coefficient (Wildman–Crippen LogP) is -3.66. The van der Waals surface area contributed by atoms with Gasteiger partial charge in [-0.1, -0.05) is 70.5 Å². The summed E-state index contributed by atoms with van der Waals surface area (Å²) < 4.78 is 0. The number of carboxylic acids is 1. The topological polar surface area (TPSA) is 639 Å². The number of carbonyl (C=O) groups is 13. The molecule has 4 rings (SSSR count). The maximum atomic E-state index is 14.7. The zero-order chi connectivity index (χ0) is 86.1. The van der Waals surface area contributed by atoms with E-state index in [1.54, 1.807) is 87.3 Å². The fourth-order valence-corrected chi connectivity index (χ4v) is 13.6. The van der Waals surface area contributed by atoms with Crippen molar-refractivity contribution in [2.45, 2.75) is 190 Å². The number of aliphatic hydroxyl groups is 2. The lowest BCUT2D eigenvalue weighted by Crippen LogP contribution is -2.62. The Kier molecular flexibility index (Phi) is 44.4. The average Bonchev–Trinajstić information content (AvgIpc) is 1.65. The number of carboxylic acid groups (broad SMARTS) is 1. The van der Waals surface area contributed by atoms with E-state index in [0.717, 1.165) is 0 Å². The number of nitrogens with two attached hydrogens (primary N) is 6. The lowest BCUT2D eigenvalue weighted by atomic mass is 10.0. The number of thiol groups is 2. The summed E-state index contributed by atoms with van der Waals surface area (Å²) in [7, 11) is 0. The highest BCUT2D eigenvalue weighted by atomic mass is 32.2. The van der Waals surface area contributed by atoms with Gasteiger partial charge in [0, 0.05) is 71.6 Å².